The van der Waals surface area contributed by atoms with Crippen molar-refractivity contribution in [1.82, 2.24) is 10.3 Å². The summed E-state index contributed by atoms with van der Waals surface area (Å²) in [6, 6.07) is 7.55. The van der Waals surface area contributed by atoms with Crippen molar-refractivity contribution < 1.29 is 9.53 Å². The van der Waals surface area contributed by atoms with Crippen LogP contribution in [0.15, 0.2) is 35.7 Å². The van der Waals surface area contributed by atoms with E-state index in [1.54, 1.807) is 30.6 Å². The Labute approximate surface area is 141 Å². The van der Waals surface area contributed by atoms with E-state index in [1.807, 2.05) is 24.3 Å². The lowest BCUT2D eigenvalue weighted by Crippen LogP contribution is -2.23. The van der Waals surface area contributed by atoms with Crippen molar-refractivity contribution in [1.29, 1.82) is 0 Å². The smallest absolute Gasteiger partial charge is 0.244 e. The van der Waals surface area contributed by atoms with Crippen LogP contribution in [0.1, 0.15) is 36.0 Å². The highest BCUT2D eigenvalue weighted by atomic mass is 32.1. The highest BCUT2D eigenvalue weighted by molar-refractivity contribution is 7.09. The van der Waals surface area contributed by atoms with Crippen LogP contribution in [0.25, 0.3) is 6.08 Å². The second-order valence-electron chi connectivity index (χ2n) is 5.47. The van der Waals surface area contributed by atoms with E-state index >= 15 is 0 Å². The number of hydrogen-bond donors (Lipinski definition) is 1. The zero-order valence-corrected chi connectivity index (χ0v) is 14.5. The van der Waals surface area contributed by atoms with Gasteiger partial charge in [0.2, 0.25) is 5.91 Å². The summed E-state index contributed by atoms with van der Waals surface area (Å²) in [5, 5.41) is 6.03. The number of benzene rings is 1. The molecule has 4 nitrogen and oxygen atoms in total. The molecule has 2 aromatic rings. The van der Waals surface area contributed by atoms with Crippen molar-refractivity contribution in [2.24, 2.45) is 0 Å². The molecule has 0 aliphatic heterocycles. The Morgan fingerprint density at radius 2 is 2.09 bits per heavy atom. The number of carbonyl (C=O) groups is 1. The van der Waals surface area contributed by atoms with Crippen LogP contribution in [0.5, 0.6) is 5.75 Å². The maximum absolute atomic E-state index is 11.8. The van der Waals surface area contributed by atoms with Crippen molar-refractivity contribution in [3.8, 4) is 5.75 Å². The Hall–Kier alpha value is -2.14. The molecule has 2 rings (SSSR count). The SMILES string of the molecule is COc1ccc(/C=C/C(=O)NCCc2nc(C(C)C)cs2)cc1. The molecule has 5 heteroatoms. The topological polar surface area (TPSA) is 51.2 Å². The van der Waals surface area contributed by atoms with Crippen LogP contribution in [0.4, 0.5) is 0 Å². The second-order valence-corrected chi connectivity index (χ2v) is 6.41. The standard InChI is InChI=1S/C18H22N2O2S/c1-13(2)16-12-23-18(20-16)10-11-19-17(21)9-6-14-4-7-15(22-3)8-5-14/h4-9,12-13H,10-11H2,1-3H3,(H,19,21)/b9-6+. The molecular weight excluding hydrogens is 308 g/mol. The highest BCUT2D eigenvalue weighted by Gasteiger charge is 2.05. The van der Waals surface area contributed by atoms with Crippen molar-refractivity contribution in [2.75, 3.05) is 13.7 Å². The van der Waals surface area contributed by atoms with Gasteiger partial charge in [0, 0.05) is 24.4 Å². The number of carbonyl (C=O) groups excluding carboxylic acids is 1. The maximum Gasteiger partial charge on any atom is 0.244 e. The van der Waals surface area contributed by atoms with E-state index in [9.17, 15) is 4.79 Å². The van der Waals surface area contributed by atoms with Crippen LogP contribution < -0.4 is 10.1 Å². The number of methoxy groups -OCH3 is 1. The summed E-state index contributed by atoms with van der Waals surface area (Å²) < 4.78 is 5.10. The Bertz CT molecular complexity index is 660. The zero-order chi connectivity index (χ0) is 16.7. The van der Waals surface area contributed by atoms with Gasteiger partial charge in [0.15, 0.2) is 0 Å². The van der Waals surface area contributed by atoms with Gasteiger partial charge in [-0.3, -0.25) is 4.79 Å². The van der Waals surface area contributed by atoms with Crippen LogP contribution in [0.3, 0.4) is 0 Å². The van der Waals surface area contributed by atoms with Gasteiger partial charge in [-0.05, 0) is 29.7 Å². The third kappa shape index (κ3) is 5.53. The highest BCUT2D eigenvalue weighted by Crippen LogP contribution is 2.17. The van der Waals surface area contributed by atoms with Crippen LogP contribution in [0, 0.1) is 0 Å². The molecule has 0 aliphatic rings. The third-order valence-electron chi connectivity index (χ3n) is 3.34. The molecule has 0 saturated heterocycles. The minimum Gasteiger partial charge on any atom is -0.497 e. The van der Waals surface area contributed by atoms with Gasteiger partial charge in [-0.15, -0.1) is 11.3 Å². The first kappa shape index (κ1) is 17.2. The summed E-state index contributed by atoms with van der Waals surface area (Å²) in [6.07, 6.45) is 4.09. The first-order valence-electron chi connectivity index (χ1n) is 7.62. The van der Waals surface area contributed by atoms with Gasteiger partial charge in [0.05, 0.1) is 17.8 Å². The molecule has 0 radical (unpaired) electrons. The fourth-order valence-electron chi connectivity index (χ4n) is 1.94. The van der Waals surface area contributed by atoms with E-state index in [0.717, 1.165) is 28.4 Å². The number of aromatic nitrogens is 1. The van der Waals surface area contributed by atoms with Crippen molar-refractivity contribution in [3.05, 3.63) is 52.0 Å². The zero-order valence-electron chi connectivity index (χ0n) is 13.7. The monoisotopic (exact) mass is 330 g/mol. The summed E-state index contributed by atoms with van der Waals surface area (Å²) in [5.74, 6) is 1.15. The largest absolute Gasteiger partial charge is 0.497 e. The molecular formula is C18H22N2O2S. The van der Waals surface area contributed by atoms with E-state index in [-0.39, 0.29) is 5.91 Å². The average molecular weight is 330 g/mol. The minimum atomic E-state index is -0.0959. The predicted octanol–water partition coefficient (Wildman–Crippen LogP) is 3.65. The molecule has 1 heterocycles. The molecule has 0 saturated carbocycles. The summed E-state index contributed by atoms with van der Waals surface area (Å²) in [4.78, 5) is 16.4. The van der Waals surface area contributed by atoms with E-state index in [4.69, 9.17) is 4.74 Å². The van der Waals surface area contributed by atoms with Gasteiger partial charge in [-0.25, -0.2) is 4.98 Å². The number of nitrogens with one attached hydrogen (secondary N) is 1. The molecule has 23 heavy (non-hydrogen) atoms. The Balaban J connectivity index is 1.76. The Morgan fingerprint density at radius 1 is 1.35 bits per heavy atom. The molecule has 0 aliphatic carbocycles. The third-order valence-corrected chi connectivity index (χ3v) is 4.27. The van der Waals surface area contributed by atoms with Gasteiger partial charge in [0.25, 0.3) is 0 Å². The summed E-state index contributed by atoms with van der Waals surface area (Å²) in [6.45, 7) is 4.85. The molecule has 0 atom stereocenters. The minimum absolute atomic E-state index is 0.0959. The molecule has 122 valence electrons. The van der Waals surface area contributed by atoms with Gasteiger partial charge in [-0.2, -0.15) is 0 Å². The normalized spacial score (nSPS) is 11.1. The first-order chi connectivity index (χ1) is 11.1. The second kappa shape index (κ2) is 8.48. The number of amides is 1. The fraction of sp³-hybridized carbons (Fsp3) is 0.333. The van der Waals surface area contributed by atoms with Gasteiger partial charge in [0.1, 0.15) is 5.75 Å². The van der Waals surface area contributed by atoms with Crippen LogP contribution in [-0.4, -0.2) is 24.5 Å². The summed E-state index contributed by atoms with van der Waals surface area (Å²) in [7, 11) is 1.63. The maximum atomic E-state index is 11.8. The first-order valence-corrected chi connectivity index (χ1v) is 8.50. The molecule has 1 aromatic carbocycles. The number of nitrogens with zero attached hydrogens (tertiary/aromatic N) is 1. The van der Waals surface area contributed by atoms with E-state index in [2.05, 4.69) is 29.5 Å². The van der Waals surface area contributed by atoms with Gasteiger partial charge >= 0.3 is 0 Å². The molecule has 0 bridgehead atoms. The molecule has 0 spiro atoms. The van der Waals surface area contributed by atoms with Crippen molar-refractivity contribution in [2.45, 2.75) is 26.2 Å². The summed E-state index contributed by atoms with van der Waals surface area (Å²) in [5.41, 5.74) is 2.08. The Kier molecular flexibility index (Phi) is 6.35. The molecule has 1 aromatic heterocycles. The van der Waals surface area contributed by atoms with Gasteiger partial charge in [-0.1, -0.05) is 26.0 Å². The van der Waals surface area contributed by atoms with Crippen LogP contribution >= 0.6 is 11.3 Å². The van der Waals surface area contributed by atoms with Crippen LogP contribution in [0.2, 0.25) is 0 Å². The number of thiazole rings is 1. The lowest BCUT2D eigenvalue weighted by Gasteiger charge is -2.01. The number of rotatable bonds is 7. The summed E-state index contributed by atoms with van der Waals surface area (Å²) >= 11 is 1.65. The number of ether oxygens (including phenoxy) is 1. The van der Waals surface area contributed by atoms with E-state index < -0.39 is 0 Å². The lowest BCUT2D eigenvalue weighted by atomic mass is 10.2. The van der Waals surface area contributed by atoms with Crippen molar-refractivity contribution in [3.63, 3.8) is 0 Å². The fourth-order valence-corrected chi connectivity index (χ4v) is 2.90. The average Bonchev–Trinajstić information content (AvgIpc) is 3.02. The molecule has 0 unspecified atom stereocenters. The predicted molar refractivity (Wildman–Crippen MR) is 94.9 cm³/mol. The quantitative estimate of drug-likeness (QED) is 0.789. The molecule has 1 N–H and O–H groups in total. The molecule has 0 fully saturated rings. The van der Waals surface area contributed by atoms with Gasteiger partial charge < -0.3 is 10.1 Å². The lowest BCUT2D eigenvalue weighted by molar-refractivity contribution is -0.116. The number of hydrogen-bond acceptors (Lipinski definition) is 4. The Morgan fingerprint density at radius 3 is 2.70 bits per heavy atom. The molecule has 1 amide bonds. The van der Waals surface area contributed by atoms with E-state index in [1.165, 1.54) is 0 Å². The van der Waals surface area contributed by atoms with Crippen molar-refractivity contribution >= 4 is 23.3 Å². The van der Waals surface area contributed by atoms with Crippen LogP contribution in [-0.2, 0) is 11.2 Å². The van der Waals surface area contributed by atoms with E-state index in [0.29, 0.717) is 12.5 Å².